The minimum absolute atomic E-state index is 0.0741. The van der Waals surface area contributed by atoms with Crippen LogP contribution in [0.5, 0.6) is 0 Å². The second kappa shape index (κ2) is 11.1. The van der Waals surface area contributed by atoms with E-state index >= 15 is 0 Å². The molecule has 2 N–H and O–H groups in total. The fourth-order valence-electron chi connectivity index (χ4n) is 4.13. The Morgan fingerprint density at radius 3 is 2.55 bits per heavy atom. The van der Waals surface area contributed by atoms with Crippen molar-refractivity contribution in [2.45, 2.75) is 56.8 Å². The van der Waals surface area contributed by atoms with Crippen molar-refractivity contribution < 1.29 is 33.4 Å². The largest absolute Gasteiger partial charge is 0.467 e. The predicted octanol–water partition coefficient (Wildman–Crippen LogP) is 1.13. The number of carbonyl (C=O) groups excluding carboxylic acids is 4. The first-order valence-electron chi connectivity index (χ1n) is 11.1. The van der Waals surface area contributed by atoms with Crippen LogP contribution >= 0.6 is 0 Å². The van der Waals surface area contributed by atoms with E-state index in [0.29, 0.717) is 32.6 Å². The van der Waals surface area contributed by atoms with Crippen LogP contribution in [0.1, 0.15) is 38.2 Å². The zero-order valence-electron chi connectivity index (χ0n) is 19.0. The molecule has 1 aromatic rings. The summed E-state index contributed by atoms with van der Waals surface area (Å²) in [5.74, 6) is -1.31. The van der Waals surface area contributed by atoms with Gasteiger partial charge in [-0.1, -0.05) is 30.3 Å². The number of nitrogens with zero attached hydrogens (tertiary/aromatic N) is 1. The maximum absolute atomic E-state index is 13.5. The molecule has 1 aromatic carbocycles. The molecule has 33 heavy (non-hydrogen) atoms. The number of esters is 1. The number of benzene rings is 1. The van der Waals surface area contributed by atoms with Crippen LogP contribution < -0.4 is 10.6 Å². The quantitative estimate of drug-likeness (QED) is 0.584. The predicted molar refractivity (Wildman–Crippen MR) is 117 cm³/mol. The molecule has 2 aliphatic rings. The average Bonchev–Trinajstić information content (AvgIpc) is 3.32. The molecule has 2 saturated heterocycles. The summed E-state index contributed by atoms with van der Waals surface area (Å²) in [6, 6.07) is 7.58. The lowest BCUT2D eigenvalue weighted by Crippen LogP contribution is -2.65. The maximum atomic E-state index is 13.5. The number of alkyl carbamates (subject to hydrolysis) is 1. The summed E-state index contributed by atoms with van der Waals surface area (Å²) >= 11 is 0. The zero-order chi connectivity index (χ0) is 23.8. The fraction of sp³-hybridized carbons (Fsp3) is 0.565. The van der Waals surface area contributed by atoms with Crippen molar-refractivity contribution >= 4 is 23.9 Å². The summed E-state index contributed by atoms with van der Waals surface area (Å²) < 4.78 is 15.4. The minimum atomic E-state index is -1.21. The molecule has 2 aliphatic heterocycles. The molecule has 0 bridgehead atoms. The molecule has 0 aromatic heterocycles. The molecule has 0 saturated carbocycles. The van der Waals surface area contributed by atoms with Crippen molar-refractivity contribution in [2.24, 2.45) is 0 Å². The van der Waals surface area contributed by atoms with Crippen LogP contribution in [0.3, 0.4) is 0 Å². The first-order valence-corrected chi connectivity index (χ1v) is 11.1. The van der Waals surface area contributed by atoms with Gasteiger partial charge >= 0.3 is 12.1 Å². The van der Waals surface area contributed by atoms with Gasteiger partial charge in [-0.3, -0.25) is 9.59 Å². The van der Waals surface area contributed by atoms with Crippen LogP contribution in [0.2, 0.25) is 0 Å². The van der Waals surface area contributed by atoms with Crippen molar-refractivity contribution in [1.82, 2.24) is 15.5 Å². The summed E-state index contributed by atoms with van der Waals surface area (Å²) in [6.07, 6.45) is 1.00. The van der Waals surface area contributed by atoms with E-state index in [9.17, 15) is 19.2 Å². The molecule has 0 spiro atoms. The smallest absolute Gasteiger partial charge is 0.408 e. The molecule has 10 heteroatoms. The number of ether oxygens (including phenoxy) is 3. The average molecular weight is 462 g/mol. The molecule has 3 amide bonds. The molecule has 10 nitrogen and oxygen atoms in total. The van der Waals surface area contributed by atoms with Crippen molar-refractivity contribution in [3.05, 3.63) is 35.9 Å². The lowest BCUT2D eigenvalue weighted by atomic mass is 9.87. The van der Waals surface area contributed by atoms with E-state index in [1.807, 2.05) is 30.3 Å². The zero-order valence-corrected chi connectivity index (χ0v) is 19.0. The van der Waals surface area contributed by atoms with Crippen molar-refractivity contribution in [2.75, 3.05) is 26.9 Å². The summed E-state index contributed by atoms with van der Waals surface area (Å²) in [4.78, 5) is 52.2. The third-order valence-corrected chi connectivity index (χ3v) is 6.05. The van der Waals surface area contributed by atoms with Gasteiger partial charge in [-0.2, -0.15) is 0 Å². The summed E-state index contributed by atoms with van der Waals surface area (Å²) in [6.45, 7) is 2.60. The molecule has 0 aliphatic carbocycles. The Labute approximate surface area is 192 Å². The van der Waals surface area contributed by atoms with Crippen LogP contribution in [0.25, 0.3) is 0 Å². The van der Waals surface area contributed by atoms with E-state index in [1.165, 1.54) is 18.9 Å². The second-order valence-electron chi connectivity index (χ2n) is 8.29. The highest BCUT2D eigenvalue weighted by molar-refractivity contribution is 5.96. The molecule has 0 radical (unpaired) electrons. The maximum Gasteiger partial charge on any atom is 0.408 e. The van der Waals surface area contributed by atoms with Crippen molar-refractivity contribution in [3.8, 4) is 0 Å². The lowest BCUT2D eigenvalue weighted by Gasteiger charge is -2.40. The van der Waals surface area contributed by atoms with E-state index in [4.69, 9.17) is 14.2 Å². The van der Waals surface area contributed by atoms with Gasteiger partial charge in [0, 0.05) is 32.6 Å². The number of hydrogen-bond donors (Lipinski definition) is 2. The highest BCUT2D eigenvalue weighted by Crippen LogP contribution is 2.28. The van der Waals surface area contributed by atoms with Crippen LogP contribution in [0.15, 0.2) is 30.3 Å². The van der Waals surface area contributed by atoms with Gasteiger partial charge in [-0.15, -0.1) is 0 Å². The Bertz CT molecular complexity index is 855. The van der Waals surface area contributed by atoms with Gasteiger partial charge in [0.1, 0.15) is 24.2 Å². The third-order valence-electron chi connectivity index (χ3n) is 6.05. The van der Waals surface area contributed by atoms with E-state index < -0.39 is 35.6 Å². The second-order valence-corrected chi connectivity index (χ2v) is 8.29. The number of carbonyl (C=O) groups is 4. The van der Waals surface area contributed by atoms with Crippen LogP contribution in [-0.4, -0.2) is 73.3 Å². The Morgan fingerprint density at radius 2 is 1.88 bits per heavy atom. The SMILES string of the molecule is COC(=O)[C@@H]1CCCN1C(=O)C1(NC(=O)[C@H](C)NC(=O)OCc2ccccc2)CCOCC1. The van der Waals surface area contributed by atoms with E-state index in [1.54, 1.807) is 0 Å². The van der Waals surface area contributed by atoms with Gasteiger partial charge < -0.3 is 29.7 Å². The molecule has 180 valence electrons. The number of amides is 3. The van der Waals surface area contributed by atoms with Gasteiger partial charge in [0.05, 0.1) is 7.11 Å². The third kappa shape index (κ3) is 6.01. The number of nitrogens with one attached hydrogen (secondary N) is 2. The molecule has 3 rings (SSSR count). The first-order chi connectivity index (χ1) is 15.9. The number of methoxy groups -OCH3 is 1. The van der Waals surface area contributed by atoms with E-state index in [0.717, 1.165) is 5.56 Å². The van der Waals surface area contributed by atoms with Crippen molar-refractivity contribution in [3.63, 3.8) is 0 Å². The monoisotopic (exact) mass is 461 g/mol. The lowest BCUT2D eigenvalue weighted by molar-refractivity contribution is -0.156. The van der Waals surface area contributed by atoms with Crippen molar-refractivity contribution in [1.29, 1.82) is 0 Å². The molecule has 2 heterocycles. The van der Waals surface area contributed by atoms with Gasteiger partial charge in [0.25, 0.3) is 0 Å². The summed E-state index contributed by atoms with van der Waals surface area (Å²) in [7, 11) is 1.29. The van der Waals surface area contributed by atoms with Gasteiger partial charge in [0.2, 0.25) is 11.8 Å². The standard InChI is InChI=1S/C23H31N3O7/c1-16(24-22(30)33-15-17-7-4-3-5-8-17)19(27)25-23(10-13-32-14-11-23)21(29)26-12-6-9-18(26)20(28)31-2/h3-5,7-8,16,18H,6,9-15H2,1-2H3,(H,24,30)(H,25,27)/t16-,18-/m0/s1. The van der Waals surface area contributed by atoms with Gasteiger partial charge in [-0.25, -0.2) is 9.59 Å². The minimum Gasteiger partial charge on any atom is -0.467 e. The van der Waals surface area contributed by atoms with Crippen LogP contribution in [0.4, 0.5) is 4.79 Å². The van der Waals surface area contributed by atoms with Gasteiger partial charge in [-0.05, 0) is 25.3 Å². The normalized spacial score (nSPS) is 20.4. The highest BCUT2D eigenvalue weighted by atomic mass is 16.5. The van der Waals surface area contributed by atoms with Crippen LogP contribution in [-0.2, 0) is 35.2 Å². The Balaban J connectivity index is 1.62. The molecular weight excluding hydrogens is 430 g/mol. The summed E-state index contributed by atoms with van der Waals surface area (Å²) in [5, 5.41) is 5.33. The molecule has 2 fully saturated rings. The number of rotatable bonds is 7. The van der Waals surface area contributed by atoms with Crippen LogP contribution in [0, 0.1) is 0 Å². The molecule has 0 unspecified atom stereocenters. The van der Waals surface area contributed by atoms with E-state index in [-0.39, 0.29) is 25.4 Å². The fourth-order valence-corrected chi connectivity index (χ4v) is 4.13. The Morgan fingerprint density at radius 1 is 1.18 bits per heavy atom. The topological polar surface area (TPSA) is 123 Å². The highest BCUT2D eigenvalue weighted by Gasteiger charge is 2.48. The Hall–Kier alpha value is -3.14. The van der Waals surface area contributed by atoms with Gasteiger partial charge in [0.15, 0.2) is 0 Å². The molecular formula is C23H31N3O7. The first kappa shape index (κ1) is 24.5. The number of likely N-dealkylation sites (tertiary alicyclic amines) is 1. The van der Waals surface area contributed by atoms with E-state index in [2.05, 4.69) is 10.6 Å². The summed E-state index contributed by atoms with van der Waals surface area (Å²) in [5.41, 5.74) is -0.391. The number of hydrogen-bond acceptors (Lipinski definition) is 7. The molecule has 2 atom stereocenters. The Kier molecular flexibility index (Phi) is 8.26.